The Bertz CT molecular complexity index is 1180. The minimum atomic E-state index is -0.468. The fraction of sp³-hybridized carbons (Fsp3) is 0.655. The van der Waals surface area contributed by atoms with Crippen molar-refractivity contribution < 1.29 is 19.1 Å². The first-order valence-electron chi connectivity index (χ1n) is 14.1. The zero-order valence-corrected chi connectivity index (χ0v) is 23.5. The third kappa shape index (κ3) is 5.28. The molecule has 1 aliphatic carbocycles. The summed E-state index contributed by atoms with van der Waals surface area (Å²) in [4.78, 5) is 32.8. The number of carbonyl (C=O) groups excluding carboxylic acids is 2. The molecule has 4 heterocycles. The topological polar surface area (TPSA) is 79.3 Å². The summed E-state index contributed by atoms with van der Waals surface area (Å²) in [6.45, 7) is 6.72. The summed E-state index contributed by atoms with van der Waals surface area (Å²) in [5.74, 6) is 2.11. The molecule has 0 spiro atoms. The van der Waals surface area contributed by atoms with Crippen LogP contribution in [0.2, 0.25) is 0 Å². The van der Waals surface area contributed by atoms with E-state index in [4.69, 9.17) is 9.47 Å². The highest BCUT2D eigenvalue weighted by Crippen LogP contribution is 2.52. The van der Waals surface area contributed by atoms with Gasteiger partial charge < -0.3 is 24.6 Å². The van der Waals surface area contributed by atoms with Gasteiger partial charge in [0.25, 0.3) is 0 Å². The van der Waals surface area contributed by atoms with Crippen molar-refractivity contribution in [3.05, 3.63) is 29.5 Å². The van der Waals surface area contributed by atoms with E-state index in [1.165, 1.54) is 12.0 Å². The first-order valence-corrected chi connectivity index (χ1v) is 14.1. The maximum Gasteiger partial charge on any atom is 0.418 e. The molecule has 1 aromatic carbocycles. The van der Waals surface area contributed by atoms with Crippen molar-refractivity contribution in [1.82, 2.24) is 24.6 Å². The number of nitrogens with one attached hydrogen (secondary N) is 1. The molecule has 3 aliphatic heterocycles. The van der Waals surface area contributed by atoms with Crippen LogP contribution in [0, 0.1) is 11.8 Å². The lowest BCUT2D eigenvalue weighted by atomic mass is 9.65. The molecule has 3 fully saturated rings. The van der Waals surface area contributed by atoms with Crippen LogP contribution in [-0.4, -0.2) is 105 Å². The first kappa shape index (κ1) is 27.0. The fourth-order valence-electron chi connectivity index (χ4n) is 7.00. The van der Waals surface area contributed by atoms with Gasteiger partial charge in [0.05, 0.1) is 5.52 Å². The van der Waals surface area contributed by atoms with Crippen molar-refractivity contribution >= 4 is 23.1 Å². The molecular formula is C29H43N5O4. The molecule has 1 N–H and O–H groups in total. The van der Waals surface area contributed by atoms with Crippen molar-refractivity contribution in [3.63, 3.8) is 0 Å². The number of piperidine rings is 2. The fourth-order valence-corrected chi connectivity index (χ4v) is 7.00. The van der Waals surface area contributed by atoms with Gasteiger partial charge in [-0.2, -0.15) is 0 Å². The predicted octanol–water partition coefficient (Wildman–Crippen LogP) is 3.60. The normalized spacial score (nSPS) is 25.9. The maximum atomic E-state index is 13.6. The number of amides is 1. The van der Waals surface area contributed by atoms with E-state index in [2.05, 4.69) is 17.1 Å². The Morgan fingerprint density at radius 1 is 1.11 bits per heavy atom. The van der Waals surface area contributed by atoms with E-state index in [1.54, 1.807) is 6.07 Å². The predicted molar refractivity (Wildman–Crippen MR) is 148 cm³/mol. The number of carbonyl (C=O) groups is 2. The van der Waals surface area contributed by atoms with Gasteiger partial charge in [0.2, 0.25) is 0 Å². The molecule has 0 radical (unpaired) electrons. The van der Waals surface area contributed by atoms with Gasteiger partial charge in [0.15, 0.2) is 0 Å². The zero-order chi connectivity index (χ0) is 27.0. The summed E-state index contributed by atoms with van der Waals surface area (Å²) in [5, 5.41) is 3.79. The van der Waals surface area contributed by atoms with Crippen molar-refractivity contribution in [3.8, 4) is 5.75 Å². The third-order valence-electron chi connectivity index (χ3n) is 8.63. The van der Waals surface area contributed by atoms with E-state index >= 15 is 0 Å². The number of hydrogen-bond acceptors (Lipinski definition) is 7. The molecule has 208 valence electrons. The summed E-state index contributed by atoms with van der Waals surface area (Å²) in [5.41, 5.74) is 3.17. The smallest absolute Gasteiger partial charge is 0.418 e. The highest BCUT2D eigenvalue weighted by atomic mass is 16.6. The molecular weight excluding hydrogens is 482 g/mol. The van der Waals surface area contributed by atoms with Crippen LogP contribution in [0.25, 0.3) is 10.9 Å². The number of nitrogens with zero attached hydrogens (tertiary/aromatic N) is 4. The van der Waals surface area contributed by atoms with Crippen molar-refractivity contribution in [2.45, 2.75) is 44.6 Å². The van der Waals surface area contributed by atoms with E-state index in [-0.39, 0.29) is 6.09 Å². The third-order valence-corrected chi connectivity index (χ3v) is 8.63. The molecule has 4 aliphatic rings. The highest BCUT2D eigenvalue weighted by molar-refractivity contribution is 5.95. The Labute approximate surface area is 226 Å². The molecule has 6 rings (SSSR count). The molecule has 1 aromatic heterocycles. The largest absolute Gasteiger partial charge is 0.448 e. The molecule has 1 amide bonds. The van der Waals surface area contributed by atoms with Gasteiger partial charge >= 0.3 is 12.2 Å². The van der Waals surface area contributed by atoms with E-state index in [9.17, 15) is 9.59 Å². The van der Waals surface area contributed by atoms with Gasteiger partial charge in [-0.25, -0.2) is 14.2 Å². The van der Waals surface area contributed by atoms with E-state index in [0.29, 0.717) is 49.2 Å². The second-order valence-electron chi connectivity index (χ2n) is 11.8. The number of fused-ring (bicyclic) bond motifs is 4. The minimum absolute atomic E-state index is 0.303. The second-order valence-corrected chi connectivity index (χ2v) is 11.8. The van der Waals surface area contributed by atoms with Crippen LogP contribution >= 0.6 is 0 Å². The number of benzene rings is 1. The average Bonchev–Trinajstić information content (AvgIpc) is 3.14. The van der Waals surface area contributed by atoms with E-state index < -0.39 is 6.09 Å². The molecule has 2 aromatic rings. The second kappa shape index (κ2) is 11.2. The van der Waals surface area contributed by atoms with Gasteiger partial charge in [0, 0.05) is 55.8 Å². The molecule has 1 saturated carbocycles. The Morgan fingerprint density at radius 2 is 1.89 bits per heavy atom. The van der Waals surface area contributed by atoms with Gasteiger partial charge in [-0.15, -0.1) is 0 Å². The zero-order valence-electron chi connectivity index (χ0n) is 23.5. The Morgan fingerprint density at radius 3 is 2.63 bits per heavy atom. The molecule has 9 heteroatoms. The standard InChI is InChI=1S/C29H43N5O4/c1-6-20-15-19-16-24-26(20)33(18-19)11-9-22-23-17-21(38-28(35)30-10-12-31(2)3)7-8-25(23)34(27(22)24)29(36)37-14-13-32(4)5/h7-8,17,19-20,24,26H,6,9-16,18H2,1-5H3,(H,30,35)/t19-,20-,24+,26?/m0/s1. The summed E-state index contributed by atoms with van der Waals surface area (Å²) in [7, 11) is 7.87. The quantitative estimate of drug-likeness (QED) is 0.564. The Kier molecular flexibility index (Phi) is 7.98. The van der Waals surface area contributed by atoms with E-state index in [0.717, 1.165) is 55.5 Å². The Hall–Kier alpha value is -2.62. The molecule has 2 unspecified atom stereocenters. The molecule has 5 atom stereocenters. The molecule has 9 nitrogen and oxygen atoms in total. The van der Waals surface area contributed by atoms with Crippen molar-refractivity contribution in [2.24, 2.45) is 11.8 Å². The van der Waals surface area contributed by atoms with Crippen LogP contribution in [0.5, 0.6) is 5.75 Å². The van der Waals surface area contributed by atoms with Crippen molar-refractivity contribution in [1.29, 1.82) is 0 Å². The lowest BCUT2D eigenvalue weighted by molar-refractivity contribution is -0.0141. The first-order chi connectivity index (χ1) is 18.3. The van der Waals surface area contributed by atoms with Crippen LogP contribution < -0.4 is 10.1 Å². The number of rotatable bonds is 8. The average molecular weight is 526 g/mol. The minimum Gasteiger partial charge on any atom is -0.448 e. The summed E-state index contributed by atoms with van der Waals surface area (Å²) in [6.07, 6.45) is 3.67. The number of ether oxygens (including phenoxy) is 2. The number of likely N-dealkylation sites (N-methyl/N-ethyl adjacent to an activating group) is 2. The van der Waals surface area contributed by atoms with E-state index in [1.807, 2.05) is 54.7 Å². The van der Waals surface area contributed by atoms with Crippen LogP contribution in [0.3, 0.4) is 0 Å². The molecule has 38 heavy (non-hydrogen) atoms. The van der Waals surface area contributed by atoms with Gasteiger partial charge in [-0.05, 0) is 83.1 Å². The molecule has 2 saturated heterocycles. The van der Waals surface area contributed by atoms with Crippen LogP contribution in [0.4, 0.5) is 9.59 Å². The number of hydrogen-bond donors (Lipinski definition) is 1. The summed E-state index contributed by atoms with van der Waals surface area (Å²) >= 11 is 0. The number of aromatic nitrogens is 1. The summed E-state index contributed by atoms with van der Waals surface area (Å²) < 4.78 is 13.3. The highest BCUT2D eigenvalue weighted by Gasteiger charge is 2.50. The van der Waals surface area contributed by atoms with Gasteiger partial charge in [0.1, 0.15) is 12.4 Å². The van der Waals surface area contributed by atoms with Crippen LogP contribution in [0.1, 0.15) is 43.4 Å². The van der Waals surface area contributed by atoms with Crippen LogP contribution in [0.15, 0.2) is 18.2 Å². The summed E-state index contributed by atoms with van der Waals surface area (Å²) in [6, 6.07) is 6.09. The monoisotopic (exact) mass is 525 g/mol. The van der Waals surface area contributed by atoms with Crippen molar-refractivity contribution in [2.75, 3.05) is 67.5 Å². The SMILES string of the molecule is CC[C@H]1C[C@H]2C[C@H]3c4c(c5cc(OC(=O)NCCN(C)C)ccc5n4C(=O)OCCN(C)C)CCN(C2)C13. The van der Waals surface area contributed by atoms with Gasteiger partial charge in [-0.3, -0.25) is 4.90 Å². The maximum absolute atomic E-state index is 13.6. The van der Waals surface area contributed by atoms with Gasteiger partial charge in [-0.1, -0.05) is 13.3 Å². The molecule has 4 bridgehead atoms. The van der Waals surface area contributed by atoms with Crippen LogP contribution in [-0.2, 0) is 11.2 Å². The Balaban J connectivity index is 1.52. The lowest BCUT2D eigenvalue weighted by Crippen LogP contribution is -2.56. The lowest BCUT2D eigenvalue weighted by Gasteiger charge is -2.53.